The van der Waals surface area contributed by atoms with E-state index >= 15 is 0 Å². The van der Waals surface area contributed by atoms with E-state index in [2.05, 4.69) is 58.0 Å². The number of ether oxygens (including phenoxy) is 3. The van der Waals surface area contributed by atoms with Crippen LogP contribution in [0.1, 0.15) is 77.0 Å². The molecule has 2 aromatic rings. The number of benzene rings is 2. The lowest BCUT2D eigenvalue weighted by atomic mass is 9.86. The molecule has 0 aliphatic heterocycles. The van der Waals surface area contributed by atoms with Crippen LogP contribution in [0.15, 0.2) is 42.5 Å². The summed E-state index contributed by atoms with van der Waals surface area (Å²) in [6.07, 6.45) is -0.323. The van der Waals surface area contributed by atoms with Gasteiger partial charge in [-0.25, -0.2) is 0 Å². The standard InChI is InChI=1S/C23H32O3.C2H6/c1-7-24-22(25-8-2)19-11-9-10-18(14-19)16-26-21-13-17(3)12-20(15-21)23(4,5)6;1-2/h9-15,22H,7-8,16H2,1-6H3;1-2H3. The maximum Gasteiger partial charge on any atom is 0.183 e. The molecule has 0 aliphatic carbocycles. The fourth-order valence-corrected chi connectivity index (χ4v) is 2.80. The first kappa shape index (κ1) is 24.2. The number of rotatable bonds is 8. The number of aryl methyl sites for hydroxylation is 1. The maximum absolute atomic E-state index is 6.08. The molecule has 156 valence electrons. The monoisotopic (exact) mass is 386 g/mol. The average Bonchev–Trinajstić information content (AvgIpc) is 2.67. The highest BCUT2D eigenvalue weighted by Gasteiger charge is 2.15. The third-order valence-corrected chi connectivity index (χ3v) is 4.18. The third-order valence-electron chi connectivity index (χ3n) is 4.18. The molecule has 0 amide bonds. The van der Waals surface area contributed by atoms with Crippen LogP contribution < -0.4 is 4.74 Å². The highest BCUT2D eigenvalue weighted by molar-refractivity contribution is 5.37. The van der Waals surface area contributed by atoms with Gasteiger partial charge in [0.2, 0.25) is 0 Å². The van der Waals surface area contributed by atoms with Gasteiger partial charge in [-0.3, -0.25) is 0 Å². The van der Waals surface area contributed by atoms with E-state index in [9.17, 15) is 0 Å². The van der Waals surface area contributed by atoms with Gasteiger partial charge in [0.25, 0.3) is 0 Å². The molecule has 0 fully saturated rings. The van der Waals surface area contributed by atoms with Crippen molar-refractivity contribution in [2.24, 2.45) is 0 Å². The summed E-state index contributed by atoms with van der Waals surface area (Å²) in [6, 6.07) is 14.7. The van der Waals surface area contributed by atoms with Crippen molar-refractivity contribution in [2.45, 2.75) is 73.7 Å². The summed E-state index contributed by atoms with van der Waals surface area (Å²) in [5.74, 6) is 0.909. The van der Waals surface area contributed by atoms with Gasteiger partial charge >= 0.3 is 0 Å². The van der Waals surface area contributed by atoms with Crippen LogP contribution in [-0.4, -0.2) is 13.2 Å². The fraction of sp³-hybridized carbons (Fsp3) is 0.520. The van der Waals surface area contributed by atoms with E-state index in [1.807, 2.05) is 39.8 Å². The minimum absolute atomic E-state index is 0.103. The molecule has 0 saturated heterocycles. The number of hydrogen-bond acceptors (Lipinski definition) is 3. The molecule has 0 spiro atoms. The predicted molar refractivity (Wildman–Crippen MR) is 118 cm³/mol. The number of hydrogen-bond donors (Lipinski definition) is 0. The van der Waals surface area contributed by atoms with Crippen LogP contribution in [0.4, 0.5) is 0 Å². The van der Waals surface area contributed by atoms with Crippen LogP contribution in [0.5, 0.6) is 5.75 Å². The zero-order valence-electron chi connectivity index (χ0n) is 19.0. The summed E-state index contributed by atoms with van der Waals surface area (Å²) < 4.78 is 17.5. The molecule has 3 heteroatoms. The molecule has 0 bridgehead atoms. The largest absolute Gasteiger partial charge is 0.489 e. The first-order valence-corrected chi connectivity index (χ1v) is 10.4. The highest BCUT2D eigenvalue weighted by atomic mass is 16.7. The van der Waals surface area contributed by atoms with Crippen LogP contribution in [0, 0.1) is 6.92 Å². The van der Waals surface area contributed by atoms with Gasteiger partial charge < -0.3 is 14.2 Å². The summed E-state index contributed by atoms with van der Waals surface area (Å²) in [4.78, 5) is 0. The summed E-state index contributed by atoms with van der Waals surface area (Å²) in [5, 5.41) is 0. The molecule has 0 radical (unpaired) electrons. The SMILES string of the molecule is CC.CCOC(OCC)c1cccc(COc2cc(C)cc(C(C)(C)C)c2)c1. The Balaban J connectivity index is 0.00000190. The molecule has 2 rings (SSSR count). The van der Waals surface area contributed by atoms with Crippen molar-refractivity contribution < 1.29 is 14.2 Å². The van der Waals surface area contributed by atoms with Crippen molar-refractivity contribution >= 4 is 0 Å². The quantitative estimate of drug-likeness (QED) is 0.458. The van der Waals surface area contributed by atoms with Gasteiger partial charge in [0.1, 0.15) is 12.4 Å². The second-order valence-electron chi connectivity index (χ2n) is 7.56. The van der Waals surface area contributed by atoms with E-state index in [1.165, 1.54) is 11.1 Å². The Morgan fingerprint density at radius 2 is 1.54 bits per heavy atom. The van der Waals surface area contributed by atoms with Crippen molar-refractivity contribution in [3.05, 3.63) is 64.7 Å². The average molecular weight is 387 g/mol. The maximum atomic E-state index is 6.08. The van der Waals surface area contributed by atoms with E-state index in [0.29, 0.717) is 19.8 Å². The summed E-state index contributed by atoms with van der Waals surface area (Å²) in [6.45, 7) is 18.5. The Morgan fingerprint density at radius 1 is 0.893 bits per heavy atom. The van der Waals surface area contributed by atoms with E-state index < -0.39 is 0 Å². The summed E-state index contributed by atoms with van der Waals surface area (Å²) in [7, 11) is 0. The normalized spacial score (nSPS) is 11.2. The topological polar surface area (TPSA) is 27.7 Å². The van der Waals surface area contributed by atoms with Crippen LogP contribution in [0.3, 0.4) is 0 Å². The molecular weight excluding hydrogens is 348 g/mol. The van der Waals surface area contributed by atoms with E-state index in [-0.39, 0.29) is 11.7 Å². The van der Waals surface area contributed by atoms with Crippen molar-refractivity contribution in [3.8, 4) is 5.75 Å². The van der Waals surface area contributed by atoms with Crippen LogP contribution in [0.25, 0.3) is 0 Å². The summed E-state index contributed by atoms with van der Waals surface area (Å²) >= 11 is 0. The molecule has 0 saturated carbocycles. The third kappa shape index (κ3) is 7.65. The summed E-state index contributed by atoms with van der Waals surface area (Å²) in [5.41, 5.74) is 4.73. The minimum atomic E-state index is -0.323. The smallest absolute Gasteiger partial charge is 0.183 e. The first-order valence-electron chi connectivity index (χ1n) is 10.4. The fourth-order valence-electron chi connectivity index (χ4n) is 2.80. The molecule has 2 aromatic carbocycles. The Hall–Kier alpha value is -1.84. The van der Waals surface area contributed by atoms with E-state index in [4.69, 9.17) is 14.2 Å². The van der Waals surface area contributed by atoms with Crippen LogP contribution in [0.2, 0.25) is 0 Å². The Kier molecular flexibility index (Phi) is 10.3. The molecule has 3 nitrogen and oxygen atoms in total. The molecule has 0 aliphatic rings. The van der Waals surface area contributed by atoms with Crippen molar-refractivity contribution in [1.82, 2.24) is 0 Å². The predicted octanol–water partition coefficient (Wildman–Crippen LogP) is 6.97. The molecule has 28 heavy (non-hydrogen) atoms. The molecule has 0 atom stereocenters. The molecule has 0 unspecified atom stereocenters. The van der Waals surface area contributed by atoms with Gasteiger partial charge in [-0.2, -0.15) is 0 Å². The molecule has 0 N–H and O–H groups in total. The van der Waals surface area contributed by atoms with Crippen molar-refractivity contribution in [2.75, 3.05) is 13.2 Å². The van der Waals surface area contributed by atoms with Crippen molar-refractivity contribution in [3.63, 3.8) is 0 Å². The Bertz CT molecular complexity index is 695. The van der Waals surface area contributed by atoms with Crippen molar-refractivity contribution in [1.29, 1.82) is 0 Å². The lowest BCUT2D eigenvalue weighted by Crippen LogP contribution is -2.11. The zero-order valence-corrected chi connectivity index (χ0v) is 19.0. The molecule has 0 aromatic heterocycles. The zero-order chi connectivity index (χ0) is 21.2. The minimum Gasteiger partial charge on any atom is -0.489 e. The van der Waals surface area contributed by atoms with Crippen LogP contribution >= 0.6 is 0 Å². The lowest BCUT2D eigenvalue weighted by molar-refractivity contribution is -0.140. The Labute approximate surface area is 172 Å². The van der Waals surface area contributed by atoms with Gasteiger partial charge in [-0.1, -0.05) is 58.9 Å². The van der Waals surface area contributed by atoms with Gasteiger partial charge in [0.15, 0.2) is 6.29 Å². The second kappa shape index (κ2) is 11.9. The van der Waals surface area contributed by atoms with Gasteiger partial charge in [0.05, 0.1) is 0 Å². The van der Waals surface area contributed by atoms with Gasteiger partial charge in [0, 0.05) is 18.8 Å². The van der Waals surface area contributed by atoms with Crippen LogP contribution in [-0.2, 0) is 21.5 Å². The van der Waals surface area contributed by atoms with E-state index in [1.54, 1.807) is 0 Å². The van der Waals surface area contributed by atoms with E-state index in [0.717, 1.165) is 16.9 Å². The Morgan fingerprint density at radius 3 is 2.11 bits per heavy atom. The van der Waals surface area contributed by atoms with Gasteiger partial charge in [-0.05, 0) is 61.1 Å². The molecular formula is C25H38O3. The molecule has 0 heterocycles. The second-order valence-corrected chi connectivity index (χ2v) is 7.56. The first-order chi connectivity index (χ1) is 13.3. The van der Waals surface area contributed by atoms with Gasteiger partial charge in [-0.15, -0.1) is 0 Å². The lowest BCUT2D eigenvalue weighted by Gasteiger charge is -2.21. The highest BCUT2D eigenvalue weighted by Crippen LogP contribution is 2.28.